The van der Waals surface area contributed by atoms with Crippen molar-refractivity contribution in [1.29, 1.82) is 0 Å². The van der Waals surface area contributed by atoms with Crippen molar-refractivity contribution in [3.05, 3.63) is 11.4 Å². The molecule has 6 heteroatoms. The van der Waals surface area contributed by atoms with Gasteiger partial charge in [-0.2, -0.15) is 13.2 Å². The van der Waals surface area contributed by atoms with Gasteiger partial charge >= 0.3 is 6.18 Å². The van der Waals surface area contributed by atoms with E-state index in [1.165, 1.54) is 6.92 Å². The van der Waals surface area contributed by atoms with E-state index in [1.807, 2.05) is 0 Å². The van der Waals surface area contributed by atoms with Gasteiger partial charge in [0.2, 0.25) is 0 Å². The van der Waals surface area contributed by atoms with Crippen LogP contribution in [0.4, 0.5) is 19.1 Å². The maximum Gasteiger partial charge on any atom is 0.435 e. The molecule has 0 aliphatic rings. The number of nitrogen functional groups attached to an aromatic ring is 1. The van der Waals surface area contributed by atoms with Crippen LogP contribution in [0.2, 0.25) is 0 Å². The topological polar surface area (TPSA) is 54.7 Å². The zero-order valence-electron chi connectivity index (χ0n) is 5.66. The standard InChI is InChI=1S/C5H6F3N3/c1-2-3(5(6,7)8)11-4(9)10-2/h1H3,(H3,9,10,11). The summed E-state index contributed by atoms with van der Waals surface area (Å²) in [6.07, 6.45) is -4.42. The molecule has 0 unspecified atom stereocenters. The number of hydrogen-bond donors (Lipinski definition) is 2. The average Bonchev–Trinajstić information content (AvgIpc) is 2.08. The minimum absolute atomic E-state index is 0.0602. The number of hydrogen-bond acceptors (Lipinski definition) is 2. The fourth-order valence-corrected chi connectivity index (χ4v) is 0.760. The molecule has 3 nitrogen and oxygen atoms in total. The molecule has 0 atom stereocenters. The lowest BCUT2D eigenvalue weighted by atomic mass is 10.3. The number of nitrogens with zero attached hydrogens (tertiary/aromatic N) is 1. The van der Waals surface area contributed by atoms with Crippen LogP contribution in [0, 0.1) is 6.92 Å². The van der Waals surface area contributed by atoms with Crippen molar-refractivity contribution in [2.75, 3.05) is 5.73 Å². The SMILES string of the molecule is Cc1[nH]c(N)nc1C(F)(F)F. The molecule has 0 radical (unpaired) electrons. The fraction of sp³-hybridized carbons (Fsp3) is 0.400. The number of aryl methyl sites for hydroxylation is 1. The van der Waals surface area contributed by atoms with Crippen molar-refractivity contribution in [2.45, 2.75) is 13.1 Å². The van der Waals surface area contributed by atoms with E-state index in [2.05, 4.69) is 9.97 Å². The van der Waals surface area contributed by atoms with Gasteiger partial charge < -0.3 is 10.7 Å². The van der Waals surface area contributed by atoms with Crippen molar-refractivity contribution in [2.24, 2.45) is 0 Å². The Morgan fingerprint density at radius 2 is 2.00 bits per heavy atom. The largest absolute Gasteiger partial charge is 0.435 e. The maximum absolute atomic E-state index is 11.9. The van der Waals surface area contributed by atoms with Crippen LogP contribution in [0.25, 0.3) is 0 Å². The Balaban J connectivity index is 3.13. The monoisotopic (exact) mass is 165 g/mol. The van der Waals surface area contributed by atoms with E-state index in [1.54, 1.807) is 0 Å². The van der Waals surface area contributed by atoms with Crippen LogP contribution >= 0.6 is 0 Å². The van der Waals surface area contributed by atoms with E-state index in [0.29, 0.717) is 0 Å². The van der Waals surface area contributed by atoms with Gasteiger partial charge in [-0.1, -0.05) is 0 Å². The van der Waals surface area contributed by atoms with Gasteiger partial charge in [-0.25, -0.2) is 4.98 Å². The summed E-state index contributed by atoms with van der Waals surface area (Å²) in [5.74, 6) is -0.213. The quantitative estimate of drug-likeness (QED) is 0.609. The van der Waals surface area contributed by atoms with Crippen molar-refractivity contribution in [1.82, 2.24) is 9.97 Å². The van der Waals surface area contributed by atoms with Gasteiger partial charge in [-0.05, 0) is 6.92 Å². The molecule has 3 N–H and O–H groups in total. The predicted molar refractivity (Wildman–Crippen MR) is 32.7 cm³/mol. The Bertz CT molecular complexity index is 262. The maximum atomic E-state index is 11.9. The highest BCUT2D eigenvalue weighted by Crippen LogP contribution is 2.30. The first-order chi connectivity index (χ1) is 4.91. The molecule has 0 saturated heterocycles. The summed E-state index contributed by atoms with van der Waals surface area (Å²) < 4.78 is 35.8. The number of nitrogens with one attached hydrogen (secondary N) is 1. The van der Waals surface area contributed by atoms with Crippen LogP contribution < -0.4 is 5.73 Å². The molecule has 0 amide bonds. The summed E-state index contributed by atoms with van der Waals surface area (Å²) in [6, 6.07) is 0. The number of anilines is 1. The molecular formula is C5H6F3N3. The molecule has 1 rings (SSSR count). The van der Waals surface area contributed by atoms with Crippen LogP contribution in [0.1, 0.15) is 11.4 Å². The molecule has 0 aromatic carbocycles. The second kappa shape index (κ2) is 2.14. The number of aromatic amines is 1. The molecule has 62 valence electrons. The van der Waals surface area contributed by atoms with Crippen molar-refractivity contribution in [3.63, 3.8) is 0 Å². The Labute approximate surface area is 60.4 Å². The van der Waals surface area contributed by atoms with Gasteiger partial charge in [-0.3, -0.25) is 0 Å². The number of nitrogens with two attached hydrogens (primary N) is 1. The van der Waals surface area contributed by atoms with E-state index in [-0.39, 0.29) is 11.6 Å². The highest BCUT2D eigenvalue weighted by atomic mass is 19.4. The Morgan fingerprint density at radius 3 is 2.18 bits per heavy atom. The fourth-order valence-electron chi connectivity index (χ4n) is 0.760. The predicted octanol–water partition coefficient (Wildman–Crippen LogP) is 1.32. The van der Waals surface area contributed by atoms with Gasteiger partial charge in [0.25, 0.3) is 0 Å². The number of halogens is 3. The van der Waals surface area contributed by atoms with Crippen LogP contribution in [-0.4, -0.2) is 9.97 Å². The van der Waals surface area contributed by atoms with E-state index in [4.69, 9.17) is 5.73 Å². The van der Waals surface area contributed by atoms with Gasteiger partial charge in [0.05, 0.1) is 0 Å². The van der Waals surface area contributed by atoms with Crippen molar-refractivity contribution < 1.29 is 13.2 Å². The van der Waals surface area contributed by atoms with E-state index >= 15 is 0 Å². The third-order valence-corrected chi connectivity index (χ3v) is 1.17. The first kappa shape index (κ1) is 7.90. The lowest BCUT2D eigenvalue weighted by molar-refractivity contribution is -0.141. The van der Waals surface area contributed by atoms with E-state index < -0.39 is 11.9 Å². The first-order valence-electron chi connectivity index (χ1n) is 2.80. The number of aromatic nitrogens is 2. The summed E-state index contributed by atoms with van der Waals surface area (Å²) in [6.45, 7) is 1.27. The second-order valence-electron chi connectivity index (χ2n) is 2.09. The molecule has 0 spiro atoms. The number of alkyl halides is 3. The molecule has 11 heavy (non-hydrogen) atoms. The summed E-state index contributed by atoms with van der Waals surface area (Å²) in [7, 11) is 0. The molecule has 0 saturated carbocycles. The van der Waals surface area contributed by atoms with E-state index in [0.717, 1.165) is 0 Å². The van der Waals surface area contributed by atoms with Crippen molar-refractivity contribution in [3.8, 4) is 0 Å². The average molecular weight is 165 g/mol. The molecule has 1 aromatic rings. The number of H-pyrrole nitrogens is 1. The highest BCUT2D eigenvalue weighted by molar-refractivity contribution is 5.26. The van der Waals surface area contributed by atoms with E-state index in [9.17, 15) is 13.2 Å². The third-order valence-electron chi connectivity index (χ3n) is 1.17. The van der Waals surface area contributed by atoms with Crippen LogP contribution in [0.15, 0.2) is 0 Å². The third kappa shape index (κ3) is 1.44. The minimum atomic E-state index is -4.42. The molecule has 0 aliphatic heterocycles. The van der Waals surface area contributed by atoms with Crippen LogP contribution in [-0.2, 0) is 6.18 Å². The molecule has 1 aromatic heterocycles. The molecule has 1 heterocycles. The Hall–Kier alpha value is -1.20. The Kier molecular flexibility index (Phi) is 1.54. The summed E-state index contributed by atoms with van der Waals surface area (Å²) >= 11 is 0. The molecule has 0 aliphatic carbocycles. The Morgan fingerprint density at radius 1 is 1.45 bits per heavy atom. The lowest BCUT2D eigenvalue weighted by Crippen LogP contribution is -2.07. The van der Waals surface area contributed by atoms with Gasteiger partial charge in [0, 0.05) is 5.69 Å². The zero-order chi connectivity index (χ0) is 8.65. The summed E-state index contributed by atoms with van der Waals surface area (Å²) in [4.78, 5) is 5.34. The highest BCUT2D eigenvalue weighted by Gasteiger charge is 2.35. The molecule has 0 bridgehead atoms. The van der Waals surface area contributed by atoms with Crippen LogP contribution in [0.5, 0.6) is 0 Å². The van der Waals surface area contributed by atoms with Gasteiger partial charge in [0.15, 0.2) is 11.6 Å². The summed E-state index contributed by atoms with van der Waals surface area (Å²) in [5.41, 5.74) is 4.00. The van der Waals surface area contributed by atoms with Gasteiger partial charge in [-0.15, -0.1) is 0 Å². The number of imidazole rings is 1. The lowest BCUT2D eigenvalue weighted by Gasteiger charge is -2.01. The molecule has 0 fully saturated rings. The number of rotatable bonds is 0. The second-order valence-corrected chi connectivity index (χ2v) is 2.09. The smallest absolute Gasteiger partial charge is 0.369 e. The van der Waals surface area contributed by atoms with Crippen molar-refractivity contribution >= 4 is 5.95 Å². The van der Waals surface area contributed by atoms with Crippen LogP contribution in [0.3, 0.4) is 0 Å². The molecular weight excluding hydrogens is 159 g/mol. The zero-order valence-corrected chi connectivity index (χ0v) is 5.66. The first-order valence-corrected chi connectivity index (χ1v) is 2.80. The minimum Gasteiger partial charge on any atom is -0.369 e. The summed E-state index contributed by atoms with van der Waals surface area (Å²) in [5, 5.41) is 0. The normalized spacial score (nSPS) is 12.0. The van der Waals surface area contributed by atoms with Gasteiger partial charge in [0.1, 0.15) is 0 Å².